The van der Waals surface area contributed by atoms with Crippen molar-refractivity contribution >= 4 is 5.78 Å². The van der Waals surface area contributed by atoms with Crippen molar-refractivity contribution in [1.82, 2.24) is 20.3 Å². The quantitative estimate of drug-likeness (QED) is 0.803. The highest BCUT2D eigenvalue weighted by Crippen LogP contribution is 2.23. The van der Waals surface area contributed by atoms with E-state index in [9.17, 15) is 4.79 Å². The van der Waals surface area contributed by atoms with E-state index in [1.165, 1.54) is 0 Å². The zero-order chi connectivity index (χ0) is 12.3. The highest BCUT2D eigenvalue weighted by molar-refractivity contribution is 6.01. The third kappa shape index (κ3) is 2.39. The van der Waals surface area contributed by atoms with Crippen molar-refractivity contribution in [3.8, 4) is 0 Å². The van der Waals surface area contributed by atoms with Gasteiger partial charge < -0.3 is 5.32 Å². The first-order valence-electron chi connectivity index (χ1n) is 6.36. The molecule has 0 aliphatic carbocycles. The molecule has 0 aromatic carbocycles. The van der Waals surface area contributed by atoms with E-state index in [1.54, 1.807) is 10.9 Å². The number of aryl methyl sites for hydroxylation is 1. The van der Waals surface area contributed by atoms with Crippen LogP contribution in [-0.2, 0) is 6.54 Å². The molecule has 1 aromatic heterocycles. The van der Waals surface area contributed by atoms with E-state index in [4.69, 9.17) is 0 Å². The largest absolute Gasteiger partial charge is 0.305 e. The molecular formula is C12H20N4O. The molecule has 5 nitrogen and oxygen atoms in total. The Morgan fingerprint density at radius 2 is 2.41 bits per heavy atom. The Morgan fingerprint density at radius 1 is 1.59 bits per heavy atom. The van der Waals surface area contributed by atoms with E-state index >= 15 is 0 Å². The number of rotatable bonds is 4. The molecule has 0 bridgehead atoms. The fourth-order valence-electron chi connectivity index (χ4n) is 2.34. The molecule has 5 heteroatoms. The Morgan fingerprint density at radius 3 is 3.06 bits per heavy atom. The molecule has 1 atom stereocenters. The van der Waals surface area contributed by atoms with Crippen LogP contribution < -0.4 is 5.32 Å². The van der Waals surface area contributed by atoms with Gasteiger partial charge in [0, 0.05) is 6.54 Å². The summed E-state index contributed by atoms with van der Waals surface area (Å²) in [7, 11) is 0. The van der Waals surface area contributed by atoms with Gasteiger partial charge in [0.1, 0.15) is 5.69 Å². The average Bonchev–Trinajstić information content (AvgIpc) is 2.78. The number of Topliss-reactive ketones (excluding diaryl/α,β-unsaturated/α-hetero) is 1. The summed E-state index contributed by atoms with van der Waals surface area (Å²) >= 11 is 0. The van der Waals surface area contributed by atoms with E-state index in [2.05, 4.69) is 22.6 Å². The average molecular weight is 236 g/mol. The summed E-state index contributed by atoms with van der Waals surface area (Å²) in [4.78, 5) is 12.5. The third-order valence-corrected chi connectivity index (χ3v) is 3.41. The zero-order valence-corrected chi connectivity index (χ0v) is 10.6. The Labute approximate surface area is 102 Å². The maximum Gasteiger partial charge on any atom is 0.202 e. The maximum absolute atomic E-state index is 12.5. The molecule has 1 aliphatic heterocycles. The van der Waals surface area contributed by atoms with Crippen molar-refractivity contribution in [2.45, 2.75) is 51.6 Å². The predicted octanol–water partition coefficient (Wildman–Crippen LogP) is 1.40. The van der Waals surface area contributed by atoms with E-state index in [-0.39, 0.29) is 5.78 Å². The van der Waals surface area contributed by atoms with Gasteiger partial charge in [0.2, 0.25) is 5.78 Å². The van der Waals surface area contributed by atoms with Gasteiger partial charge in [-0.2, -0.15) is 0 Å². The van der Waals surface area contributed by atoms with Crippen LogP contribution in [-0.4, -0.2) is 32.9 Å². The monoisotopic (exact) mass is 236 g/mol. The number of hydrogen-bond donors (Lipinski definition) is 1. The summed E-state index contributed by atoms with van der Waals surface area (Å²) in [6.45, 7) is 5.71. The van der Waals surface area contributed by atoms with Gasteiger partial charge in [-0.05, 0) is 39.2 Å². The first-order valence-corrected chi connectivity index (χ1v) is 6.36. The summed E-state index contributed by atoms with van der Waals surface area (Å²) in [5.74, 6) is 0.121. The predicted molar refractivity (Wildman–Crippen MR) is 64.9 cm³/mol. The molecule has 1 saturated heterocycles. The van der Waals surface area contributed by atoms with E-state index < -0.39 is 5.54 Å². The molecule has 1 aliphatic rings. The minimum Gasteiger partial charge on any atom is -0.305 e. The summed E-state index contributed by atoms with van der Waals surface area (Å²) in [5.41, 5.74) is 0.189. The summed E-state index contributed by atoms with van der Waals surface area (Å²) in [6, 6.07) is 0. The third-order valence-electron chi connectivity index (χ3n) is 3.41. The van der Waals surface area contributed by atoms with Crippen LogP contribution in [0.3, 0.4) is 0 Å². The van der Waals surface area contributed by atoms with Crippen LogP contribution in [0.2, 0.25) is 0 Å². The van der Waals surface area contributed by atoms with Crippen molar-refractivity contribution in [3.05, 3.63) is 11.9 Å². The molecule has 0 saturated carbocycles. The molecule has 2 heterocycles. The van der Waals surface area contributed by atoms with Crippen LogP contribution in [0.4, 0.5) is 0 Å². The molecule has 1 N–H and O–H groups in total. The highest BCUT2D eigenvalue weighted by Gasteiger charge is 2.36. The number of nitrogens with zero attached hydrogens (tertiary/aromatic N) is 3. The maximum atomic E-state index is 12.5. The smallest absolute Gasteiger partial charge is 0.202 e. The van der Waals surface area contributed by atoms with Crippen LogP contribution in [0.25, 0.3) is 0 Å². The number of nitrogens with one attached hydrogen (secondary N) is 1. The van der Waals surface area contributed by atoms with Crippen LogP contribution in [0.5, 0.6) is 0 Å². The summed E-state index contributed by atoms with van der Waals surface area (Å²) < 4.78 is 1.71. The number of piperidine rings is 1. The van der Waals surface area contributed by atoms with Crippen molar-refractivity contribution < 1.29 is 4.79 Å². The first-order chi connectivity index (χ1) is 8.17. The van der Waals surface area contributed by atoms with Crippen LogP contribution in [0.15, 0.2) is 6.20 Å². The van der Waals surface area contributed by atoms with E-state index in [0.29, 0.717) is 5.69 Å². The second-order valence-corrected chi connectivity index (χ2v) is 4.89. The molecule has 1 unspecified atom stereocenters. The molecule has 0 amide bonds. The van der Waals surface area contributed by atoms with Crippen LogP contribution in [0.1, 0.15) is 50.0 Å². The highest BCUT2D eigenvalue weighted by atomic mass is 16.1. The van der Waals surface area contributed by atoms with Crippen molar-refractivity contribution in [2.24, 2.45) is 0 Å². The standard InChI is InChI=1S/C12H20N4O/c1-3-8-16-10(9-14-15-16)11(17)12(2)6-4-5-7-13-12/h9,13H,3-8H2,1-2H3. The van der Waals surface area contributed by atoms with Gasteiger partial charge in [0.15, 0.2) is 0 Å². The molecule has 2 rings (SSSR count). The van der Waals surface area contributed by atoms with Crippen molar-refractivity contribution in [1.29, 1.82) is 0 Å². The minimum atomic E-state index is -0.439. The van der Waals surface area contributed by atoms with Gasteiger partial charge in [0.25, 0.3) is 0 Å². The van der Waals surface area contributed by atoms with Crippen molar-refractivity contribution in [3.63, 3.8) is 0 Å². The lowest BCUT2D eigenvalue weighted by atomic mass is 9.85. The topological polar surface area (TPSA) is 59.8 Å². The lowest BCUT2D eigenvalue weighted by molar-refractivity contribution is 0.0823. The normalized spacial score (nSPS) is 24.8. The van der Waals surface area contributed by atoms with Gasteiger partial charge in [-0.15, -0.1) is 5.10 Å². The van der Waals surface area contributed by atoms with Crippen molar-refractivity contribution in [2.75, 3.05) is 6.54 Å². The molecule has 1 fully saturated rings. The lowest BCUT2D eigenvalue weighted by Gasteiger charge is -2.33. The Bertz CT molecular complexity index is 393. The fourth-order valence-corrected chi connectivity index (χ4v) is 2.34. The molecule has 0 radical (unpaired) electrons. The summed E-state index contributed by atoms with van der Waals surface area (Å²) in [5, 5.41) is 11.2. The fraction of sp³-hybridized carbons (Fsp3) is 0.750. The van der Waals surface area contributed by atoms with E-state index in [0.717, 1.165) is 38.8 Å². The Balaban J connectivity index is 2.20. The zero-order valence-electron chi connectivity index (χ0n) is 10.6. The Hall–Kier alpha value is -1.23. The lowest BCUT2D eigenvalue weighted by Crippen LogP contribution is -2.52. The minimum absolute atomic E-state index is 0.121. The van der Waals surface area contributed by atoms with Gasteiger partial charge >= 0.3 is 0 Å². The second-order valence-electron chi connectivity index (χ2n) is 4.89. The molecule has 1 aromatic rings. The van der Waals surface area contributed by atoms with Crippen LogP contribution >= 0.6 is 0 Å². The number of ketones is 1. The summed E-state index contributed by atoms with van der Waals surface area (Å²) in [6.07, 6.45) is 5.68. The number of hydrogen-bond acceptors (Lipinski definition) is 4. The SMILES string of the molecule is CCCn1nncc1C(=O)C1(C)CCCCN1. The van der Waals surface area contributed by atoms with Gasteiger partial charge in [-0.3, -0.25) is 4.79 Å². The Kier molecular flexibility index (Phi) is 3.57. The second kappa shape index (κ2) is 4.96. The van der Waals surface area contributed by atoms with Gasteiger partial charge in [-0.1, -0.05) is 12.1 Å². The van der Waals surface area contributed by atoms with Gasteiger partial charge in [0.05, 0.1) is 11.7 Å². The number of carbonyl (C=O) groups excluding carboxylic acids is 1. The molecular weight excluding hydrogens is 216 g/mol. The van der Waals surface area contributed by atoms with Gasteiger partial charge in [-0.25, -0.2) is 4.68 Å². The molecule has 17 heavy (non-hydrogen) atoms. The number of aromatic nitrogens is 3. The molecule has 0 spiro atoms. The van der Waals surface area contributed by atoms with E-state index in [1.807, 2.05) is 6.92 Å². The van der Waals surface area contributed by atoms with Crippen LogP contribution in [0, 0.1) is 0 Å². The molecule has 94 valence electrons. The first kappa shape index (κ1) is 12.2. The number of carbonyl (C=O) groups is 1.